The number of carbonyl (C=O) groups excluding carboxylic acids is 2. The number of nitrogens with zero attached hydrogens (tertiary/aromatic N) is 3. The summed E-state index contributed by atoms with van der Waals surface area (Å²) in [6.45, 7) is 5.43. The van der Waals surface area contributed by atoms with Gasteiger partial charge in [0.25, 0.3) is 0 Å². The first-order chi connectivity index (χ1) is 16.8. The van der Waals surface area contributed by atoms with Crippen LogP contribution in [0.3, 0.4) is 0 Å². The number of aliphatic hydroxyl groups excluding tert-OH is 1. The molecule has 0 bridgehead atoms. The van der Waals surface area contributed by atoms with E-state index in [4.69, 9.17) is 9.57 Å². The molecule has 35 heavy (non-hydrogen) atoms. The molecule has 0 atom stereocenters. The zero-order valence-corrected chi connectivity index (χ0v) is 20.4. The van der Waals surface area contributed by atoms with Crippen LogP contribution >= 0.6 is 0 Å². The normalized spacial score (nSPS) is 21.5. The van der Waals surface area contributed by atoms with Gasteiger partial charge in [-0.1, -0.05) is 11.2 Å². The SMILES string of the molecule is CC(C)OC(=O)N1CCC(ON=C2CCC(c3ccc(NC(=O)N4CC(O)C4)c(F)c3)CC2)CC1. The minimum absolute atomic E-state index is 0.000277. The van der Waals surface area contributed by atoms with Crippen molar-refractivity contribution in [3.05, 3.63) is 29.6 Å². The summed E-state index contributed by atoms with van der Waals surface area (Å²) in [6.07, 6.45) is 3.87. The van der Waals surface area contributed by atoms with Gasteiger partial charge in [-0.15, -0.1) is 0 Å². The van der Waals surface area contributed by atoms with Crippen molar-refractivity contribution in [2.45, 2.75) is 76.6 Å². The number of nitrogens with one attached hydrogen (secondary N) is 1. The van der Waals surface area contributed by atoms with Crippen LogP contribution in [0.5, 0.6) is 0 Å². The number of oxime groups is 1. The summed E-state index contributed by atoms with van der Waals surface area (Å²) < 4.78 is 19.9. The van der Waals surface area contributed by atoms with Gasteiger partial charge in [0.2, 0.25) is 0 Å². The first-order valence-electron chi connectivity index (χ1n) is 12.5. The number of anilines is 1. The maximum atomic E-state index is 14.6. The number of piperidine rings is 1. The Balaban J connectivity index is 1.20. The Morgan fingerprint density at radius 3 is 2.40 bits per heavy atom. The average molecular weight is 491 g/mol. The predicted octanol–water partition coefficient (Wildman–Crippen LogP) is 4.07. The number of benzene rings is 1. The van der Waals surface area contributed by atoms with Gasteiger partial charge in [0.15, 0.2) is 0 Å². The number of β-amino-alcohol motifs (C(OH)–C–C–N with tert-alkyl or cyclic N) is 1. The number of hydrogen-bond donors (Lipinski definition) is 2. The third-order valence-electron chi connectivity index (χ3n) is 6.79. The molecule has 10 heteroatoms. The lowest BCUT2D eigenvalue weighted by atomic mass is 9.83. The van der Waals surface area contributed by atoms with E-state index in [9.17, 15) is 19.1 Å². The molecule has 1 aliphatic carbocycles. The molecule has 2 heterocycles. The number of halogens is 1. The van der Waals surface area contributed by atoms with Gasteiger partial charge in [-0.3, -0.25) is 0 Å². The van der Waals surface area contributed by atoms with Crippen molar-refractivity contribution in [2.24, 2.45) is 5.16 Å². The van der Waals surface area contributed by atoms with E-state index in [0.29, 0.717) is 13.1 Å². The highest BCUT2D eigenvalue weighted by atomic mass is 19.1. The molecule has 2 aliphatic heterocycles. The van der Waals surface area contributed by atoms with Gasteiger partial charge in [0.1, 0.15) is 11.9 Å². The number of carbonyl (C=O) groups is 2. The molecule has 3 fully saturated rings. The lowest BCUT2D eigenvalue weighted by molar-refractivity contribution is 0.00403. The zero-order chi connectivity index (χ0) is 24.9. The number of likely N-dealkylation sites (tertiary alicyclic amines) is 2. The molecular weight excluding hydrogens is 455 g/mol. The number of ether oxygens (including phenoxy) is 1. The first-order valence-corrected chi connectivity index (χ1v) is 12.5. The van der Waals surface area contributed by atoms with Crippen molar-refractivity contribution in [1.82, 2.24) is 9.80 Å². The van der Waals surface area contributed by atoms with Gasteiger partial charge < -0.3 is 29.8 Å². The fraction of sp³-hybridized carbons (Fsp3) is 0.640. The number of hydrogen-bond acceptors (Lipinski definition) is 6. The van der Waals surface area contributed by atoms with Gasteiger partial charge in [-0.05, 0) is 63.1 Å². The van der Waals surface area contributed by atoms with E-state index in [1.165, 1.54) is 11.0 Å². The van der Waals surface area contributed by atoms with E-state index in [-0.39, 0.29) is 43.0 Å². The van der Waals surface area contributed by atoms with Crippen LogP contribution in [0.15, 0.2) is 23.4 Å². The summed E-state index contributed by atoms with van der Waals surface area (Å²) >= 11 is 0. The number of aliphatic hydroxyl groups is 1. The fourth-order valence-corrected chi connectivity index (χ4v) is 4.65. The molecule has 4 rings (SSSR count). The Morgan fingerprint density at radius 1 is 1.11 bits per heavy atom. The molecule has 0 aromatic heterocycles. The lowest BCUT2D eigenvalue weighted by Gasteiger charge is -2.35. The van der Waals surface area contributed by atoms with E-state index in [2.05, 4.69) is 10.5 Å². The summed E-state index contributed by atoms with van der Waals surface area (Å²) in [5.74, 6) is -0.225. The van der Waals surface area contributed by atoms with E-state index in [1.54, 1.807) is 11.0 Å². The zero-order valence-electron chi connectivity index (χ0n) is 20.4. The number of rotatable bonds is 5. The predicted molar refractivity (Wildman–Crippen MR) is 129 cm³/mol. The minimum Gasteiger partial charge on any atom is -0.447 e. The van der Waals surface area contributed by atoms with Gasteiger partial charge in [0.05, 0.1) is 36.7 Å². The molecule has 1 aromatic rings. The molecule has 0 spiro atoms. The highest BCUT2D eigenvalue weighted by molar-refractivity contribution is 5.90. The molecule has 0 unspecified atom stereocenters. The van der Waals surface area contributed by atoms with E-state index in [1.807, 2.05) is 19.9 Å². The van der Waals surface area contributed by atoms with Gasteiger partial charge in [-0.2, -0.15) is 0 Å². The molecule has 2 N–H and O–H groups in total. The van der Waals surface area contributed by atoms with Crippen LogP contribution in [0.25, 0.3) is 0 Å². The third kappa shape index (κ3) is 6.62. The first kappa shape index (κ1) is 25.2. The summed E-state index contributed by atoms with van der Waals surface area (Å²) in [6, 6.07) is 4.57. The maximum Gasteiger partial charge on any atom is 0.410 e. The molecule has 192 valence electrons. The van der Waals surface area contributed by atoms with Crippen molar-refractivity contribution in [2.75, 3.05) is 31.5 Å². The Bertz CT molecular complexity index is 932. The van der Waals surface area contributed by atoms with Crippen LogP contribution in [-0.2, 0) is 9.57 Å². The molecule has 3 aliphatic rings. The number of urea groups is 1. The monoisotopic (exact) mass is 490 g/mol. The van der Waals surface area contributed by atoms with Crippen molar-refractivity contribution in [1.29, 1.82) is 0 Å². The average Bonchev–Trinajstić information content (AvgIpc) is 2.82. The van der Waals surface area contributed by atoms with Crippen molar-refractivity contribution >= 4 is 23.5 Å². The highest BCUT2D eigenvalue weighted by Gasteiger charge is 2.29. The molecule has 1 saturated carbocycles. The molecule has 2 saturated heterocycles. The van der Waals surface area contributed by atoms with Crippen LogP contribution in [0, 0.1) is 5.82 Å². The molecular formula is C25H35FN4O5. The topological polar surface area (TPSA) is 104 Å². The summed E-state index contributed by atoms with van der Waals surface area (Å²) in [7, 11) is 0. The molecule has 9 nitrogen and oxygen atoms in total. The largest absolute Gasteiger partial charge is 0.447 e. The van der Waals surface area contributed by atoms with Crippen molar-refractivity contribution < 1.29 is 28.7 Å². The Hall–Kier alpha value is -2.88. The Labute approximate surface area is 205 Å². The quantitative estimate of drug-likeness (QED) is 0.606. The Morgan fingerprint density at radius 2 is 1.80 bits per heavy atom. The Kier molecular flexibility index (Phi) is 8.10. The second-order valence-electron chi connectivity index (χ2n) is 9.88. The van der Waals surface area contributed by atoms with Crippen LogP contribution < -0.4 is 5.32 Å². The summed E-state index contributed by atoms with van der Waals surface area (Å²) in [5, 5.41) is 16.3. The van der Waals surface area contributed by atoms with Crippen LogP contribution in [0.2, 0.25) is 0 Å². The molecule has 3 amide bonds. The van der Waals surface area contributed by atoms with Gasteiger partial charge in [-0.25, -0.2) is 14.0 Å². The summed E-state index contributed by atoms with van der Waals surface area (Å²) in [5.41, 5.74) is 2.08. The van der Waals surface area contributed by atoms with Gasteiger partial charge >= 0.3 is 12.1 Å². The van der Waals surface area contributed by atoms with Crippen LogP contribution in [0.4, 0.5) is 19.7 Å². The third-order valence-corrected chi connectivity index (χ3v) is 6.79. The number of amides is 3. The van der Waals surface area contributed by atoms with Crippen LogP contribution in [-0.4, -0.2) is 77.2 Å². The second-order valence-corrected chi connectivity index (χ2v) is 9.88. The minimum atomic E-state index is -0.494. The fourth-order valence-electron chi connectivity index (χ4n) is 4.65. The second kappa shape index (κ2) is 11.2. The summed E-state index contributed by atoms with van der Waals surface area (Å²) in [4.78, 5) is 33.0. The maximum absolute atomic E-state index is 14.6. The molecule has 1 aromatic carbocycles. The van der Waals surface area contributed by atoms with Crippen molar-refractivity contribution in [3.63, 3.8) is 0 Å². The van der Waals surface area contributed by atoms with E-state index in [0.717, 1.165) is 49.8 Å². The van der Waals surface area contributed by atoms with Crippen LogP contribution in [0.1, 0.15) is 63.9 Å². The lowest BCUT2D eigenvalue weighted by Crippen LogP contribution is -2.54. The van der Waals surface area contributed by atoms with E-state index >= 15 is 0 Å². The van der Waals surface area contributed by atoms with Gasteiger partial charge in [0, 0.05) is 25.9 Å². The smallest absolute Gasteiger partial charge is 0.410 e. The van der Waals surface area contributed by atoms with E-state index < -0.39 is 18.0 Å². The molecule has 0 radical (unpaired) electrons. The van der Waals surface area contributed by atoms with Crippen molar-refractivity contribution in [3.8, 4) is 0 Å². The highest BCUT2D eigenvalue weighted by Crippen LogP contribution is 2.33. The standard InChI is InChI=1S/C25H35FN4O5/c1-16(2)34-25(33)29-11-9-21(10-12-29)35-28-19-6-3-17(4-7-19)18-5-8-23(22(26)13-18)27-24(32)30-14-20(31)15-30/h5,8,13,16-17,20-21,31H,3-4,6-7,9-12,14-15H2,1-2H3,(H,27,32).